The molecule has 0 unspecified atom stereocenters. The molecule has 0 saturated carbocycles. The van der Waals surface area contributed by atoms with Gasteiger partial charge in [0.05, 0.1) is 18.5 Å². The smallest absolute Gasteiger partial charge is 0.270 e. The number of anilines is 3. The Bertz CT molecular complexity index is 1220. The molecule has 2 amide bonds. The van der Waals surface area contributed by atoms with Gasteiger partial charge in [0, 0.05) is 19.8 Å². The predicted molar refractivity (Wildman–Crippen MR) is 136 cm³/mol. The van der Waals surface area contributed by atoms with E-state index in [9.17, 15) is 9.59 Å². The Morgan fingerprint density at radius 3 is 1.85 bits per heavy atom. The largest absolute Gasteiger partial charge is 0.497 e. The third kappa shape index (κ3) is 4.36. The summed E-state index contributed by atoms with van der Waals surface area (Å²) in [5, 5.41) is 0.0986. The quantitative estimate of drug-likeness (QED) is 0.321. The minimum Gasteiger partial charge on any atom is -0.497 e. The predicted octanol–water partition coefficient (Wildman–Crippen LogP) is 4.51. The first kappa shape index (κ1) is 22.2. The highest BCUT2D eigenvalue weighted by atomic mass is 32.1. The molecule has 0 aliphatic carbocycles. The number of hydrogen-bond donors (Lipinski definition) is 0. The summed E-state index contributed by atoms with van der Waals surface area (Å²) in [6, 6.07) is 23.7. The molecular weight excluding hydrogens is 434 g/mol. The van der Waals surface area contributed by atoms with Crippen LogP contribution in [-0.4, -0.2) is 38.1 Å². The maximum atomic E-state index is 13.5. The maximum Gasteiger partial charge on any atom is 0.270 e. The van der Waals surface area contributed by atoms with Crippen molar-refractivity contribution in [3.63, 3.8) is 0 Å². The van der Waals surface area contributed by atoms with Crippen LogP contribution in [0.5, 0.6) is 5.75 Å². The van der Waals surface area contributed by atoms with Gasteiger partial charge in [-0.1, -0.05) is 30.3 Å². The number of methoxy groups -OCH3 is 1. The number of carbonyl (C=O) groups is 2. The van der Waals surface area contributed by atoms with E-state index in [1.165, 1.54) is 9.80 Å². The minimum absolute atomic E-state index is 0.0286. The Labute approximate surface area is 198 Å². The first-order chi connectivity index (χ1) is 15.9. The van der Waals surface area contributed by atoms with Crippen LogP contribution in [0, 0.1) is 0 Å². The van der Waals surface area contributed by atoms with Gasteiger partial charge in [0.15, 0.2) is 5.11 Å². The van der Waals surface area contributed by atoms with Crippen LogP contribution in [0.15, 0.2) is 84.4 Å². The van der Waals surface area contributed by atoms with Crippen molar-refractivity contribution in [1.82, 2.24) is 0 Å². The molecule has 1 saturated heterocycles. The summed E-state index contributed by atoms with van der Waals surface area (Å²) in [6.07, 6.45) is 1.61. The van der Waals surface area contributed by atoms with Crippen LogP contribution >= 0.6 is 12.2 Å². The highest BCUT2D eigenvalue weighted by Crippen LogP contribution is 2.31. The summed E-state index contributed by atoms with van der Waals surface area (Å²) in [6.45, 7) is 0. The summed E-state index contributed by atoms with van der Waals surface area (Å²) >= 11 is 5.64. The Balaban J connectivity index is 1.81. The second-order valence-electron chi connectivity index (χ2n) is 7.64. The number of thiocarbonyl (C=S) groups is 1. The van der Waals surface area contributed by atoms with E-state index in [4.69, 9.17) is 17.0 Å². The molecular formula is C26H23N3O3S. The van der Waals surface area contributed by atoms with Crippen LogP contribution in [0.3, 0.4) is 0 Å². The van der Waals surface area contributed by atoms with Crippen molar-refractivity contribution in [2.75, 3.05) is 35.9 Å². The molecule has 166 valence electrons. The SMILES string of the molecule is COc1ccc(N2C(=O)/C(=C/c3ccc(N(C)C)cc3)C(=O)N(c3ccccc3)C2=S)cc1. The molecule has 0 N–H and O–H groups in total. The first-order valence-corrected chi connectivity index (χ1v) is 10.7. The number of benzene rings is 3. The van der Waals surface area contributed by atoms with Gasteiger partial charge in [-0.15, -0.1) is 0 Å². The van der Waals surface area contributed by atoms with E-state index >= 15 is 0 Å². The van der Waals surface area contributed by atoms with E-state index in [0.717, 1.165) is 11.3 Å². The highest BCUT2D eigenvalue weighted by Gasteiger charge is 2.41. The van der Waals surface area contributed by atoms with Gasteiger partial charge in [0.1, 0.15) is 11.3 Å². The number of nitrogens with zero attached hydrogens (tertiary/aromatic N) is 3. The van der Waals surface area contributed by atoms with Crippen LogP contribution in [0.4, 0.5) is 17.1 Å². The van der Waals surface area contributed by atoms with Crippen LogP contribution in [0.25, 0.3) is 6.08 Å². The highest BCUT2D eigenvalue weighted by molar-refractivity contribution is 7.81. The molecule has 7 heteroatoms. The molecule has 0 aromatic heterocycles. The lowest BCUT2D eigenvalue weighted by Crippen LogP contribution is -2.56. The summed E-state index contributed by atoms with van der Waals surface area (Å²) in [5.41, 5.74) is 2.93. The van der Waals surface area contributed by atoms with Crippen molar-refractivity contribution < 1.29 is 14.3 Å². The second kappa shape index (κ2) is 9.26. The molecule has 3 aromatic carbocycles. The standard InChI is InChI=1S/C26H23N3O3S/c1-27(2)19-11-9-18(10-12-19)17-23-24(30)28(20-7-5-4-6-8-20)26(33)29(25(23)31)21-13-15-22(32-3)16-14-21/h4-17H,1-3H3/b23-17+. The molecule has 1 fully saturated rings. The second-order valence-corrected chi connectivity index (χ2v) is 8.01. The van der Waals surface area contributed by atoms with E-state index < -0.39 is 11.8 Å². The summed E-state index contributed by atoms with van der Waals surface area (Å²) < 4.78 is 5.23. The topological polar surface area (TPSA) is 53.1 Å². The molecule has 0 spiro atoms. The molecule has 0 radical (unpaired) electrons. The van der Waals surface area contributed by atoms with Crippen molar-refractivity contribution in [3.05, 3.63) is 90.0 Å². The molecule has 4 rings (SSSR count). The molecule has 0 atom stereocenters. The summed E-state index contributed by atoms with van der Waals surface area (Å²) in [5.74, 6) is -0.279. The lowest BCUT2D eigenvalue weighted by atomic mass is 10.0. The lowest BCUT2D eigenvalue weighted by Gasteiger charge is -2.36. The van der Waals surface area contributed by atoms with Crippen molar-refractivity contribution in [3.8, 4) is 5.75 Å². The summed E-state index contributed by atoms with van der Waals surface area (Å²) in [7, 11) is 5.48. The summed E-state index contributed by atoms with van der Waals surface area (Å²) in [4.78, 5) is 31.8. The van der Waals surface area contributed by atoms with Crippen molar-refractivity contribution in [2.45, 2.75) is 0 Å². The maximum absolute atomic E-state index is 13.5. The molecule has 33 heavy (non-hydrogen) atoms. The number of hydrogen-bond acceptors (Lipinski definition) is 5. The zero-order chi connectivity index (χ0) is 23.5. The molecule has 3 aromatic rings. The number of carbonyl (C=O) groups excluding carboxylic acids is 2. The fourth-order valence-corrected chi connectivity index (χ4v) is 3.91. The van der Waals surface area contributed by atoms with E-state index in [1.807, 2.05) is 61.5 Å². The Hall–Kier alpha value is -3.97. The number of para-hydroxylation sites is 1. The van der Waals surface area contributed by atoms with Crippen LogP contribution in [0.1, 0.15) is 5.56 Å². The number of rotatable bonds is 5. The third-order valence-electron chi connectivity index (χ3n) is 5.32. The van der Waals surface area contributed by atoms with E-state index in [-0.39, 0.29) is 10.7 Å². The van der Waals surface area contributed by atoms with Gasteiger partial charge in [-0.25, -0.2) is 0 Å². The monoisotopic (exact) mass is 457 g/mol. The van der Waals surface area contributed by atoms with Gasteiger partial charge >= 0.3 is 0 Å². The first-order valence-electron chi connectivity index (χ1n) is 10.3. The van der Waals surface area contributed by atoms with Crippen molar-refractivity contribution in [2.24, 2.45) is 0 Å². The molecule has 1 heterocycles. The van der Waals surface area contributed by atoms with Crippen LogP contribution in [0.2, 0.25) is 0 Å². The van der Waals surface area contributed by atoms with Gasteiger partial charge in [-0.05, 0) is 72.4 Å². The Morgan fingerprint density at radius 2 is 1.33 bits per heavy atom. The lowest BCUT2D eigenvalue weighted by molar-refractivity contribution is -0.120. The zero-order valence-electron chi connectivity index (χ0n) is 18.6. The number of ether oxygens (including phenoxy) is 1. The van der Waals surface area contributed by atoms with Gasteiger partial charge in [-0.3, -0.25) is 19.4 Å². The van der Waals surface area contributed by atoms with E-state index in [2.05, 4.69) is 0 Å². The molecule has 6 nitrogen and oxygen atoms in total. The van der Waals surface area contributed by atoms with E-state index in [0.29, 0.717) is 17.1 Å². The minimum atomic E-state index is -0.473. The van der Waals surface area contributed by atoms with Gasteiger partial charge < -0.3 is 9.64 Å². The normalized spacial score (nSPS) is 15.2. The van der Waals surface area contributed by atoms with Gasteiger partial charge in [0.25, 0.3) is 11.8 Å². The zero-order valence-corrected chi connectivity index (χ0v) is 19.4. The fourth-order valence-electron chi connectivity index (χ4n) is 3.53. The van der Waals surface area contributed by atoms with Crippen molar-refractivity contribution >= 4 is 52.3 Å². The molecule has 1 aliphatic rings. The van der Waals surface area contributed by atoms with E-state index in [1.54, 1.807) is 49.6 Å². The third-order valence-corrected chi connectivity index (χ3v) is 5.68. The van der Waals surface area contributed by atoms with Gasteiger partial charge in [-0.2, -0.15) is 0 Å². The Kier molecular flexibility index (Phi) is 6.24. The average molecular weight is 458 g/mol. The van der Waals surface area contributed by atoms with Crippen LogP contribution in [-0.2, 0) is 9.59 Å². The molecule has 0 bridgehead atoms. The van der Waals surface area contributed by atoms with Crippen molar-refractivity contribution in [1.29, 1.82) is 0 Å². The van der Waals surface area contributed by atoms with Gasteiger partial charge in [0.2, 0.25) is 0 Å². The fraction of sp³-hybridized carbons (Fsp3) is 0.115. The Morgan fingerprint density at radius 1 is 0.788 bits per heavy atom. The average Bonchev–Trinajstić information content (AvgIpc) is 2.83. The number of amides is 2. The molecule has 1 aliphatic heterocycles. The van der Waals surface area contributed by atoms with Crippen LogP contribution < -0.4 is 19.4 Å².